The molecule has 0 spiro atoms. The van der Waals surface area contributed by atoms with Crippen LogP contribution in [0.3, 0.4) is 0 Å². The Bertz CT molecular complexity index is 594. The average molecular weight is 272 g/mol. The van der Waals surface area contributed by atoms with E-state index in [0.717, 1.165) is 37.7 Å². The number of nitrogens with zero attached hydrogens (tertiary/aromatic N) is 4. The summed E-state index contributed by atoms with van der Waals surface area (Å²) in [7, 11) is 0. The van der Waals surface area contributed by atoms with Crippen molar-refractivity contribution in [3.63, 3.8) is 0 Å². The monoisotopic (exact) mass is 272 g/mol. The lowest BCUT2D eigenvalue weighted by Crippen LogP contribution is -2.25. The van der Waals surface area contributed by atoms with Crippen LogP contribution in [0.4, 0.5) is 0 Å². The zero-order valence-electron chi connectivity index (χ0n) is 11.0. The van der Waals surface area contributed by atoms with E-state index in [9.17, 15) is 4.79 Å². The van der Waals surface area contributed by atoms with Gasteiger partial charge in [-0.25, -0.2) is 0 Å². The van der Waals surface area contributed by atoms with Crippen LogP contribution < -0.4 is 10.6 Å². The van der Waals surface area contributed by atoms with Crippen molar-refractivity contribution in [2.75, 3.05) is 13.1 Å². The summed E-state index contributed by atoms with van der Waals surface area (Å²) in [4.78, 5) is 15.9. The molecule has 7 nitrogen and oxygen atoms in total. The van der Waals surface area contributed by atoms with Crippen molar-refractivity contribution >= 4 is 5.91 Å². The summed E-state index contributed by atoms with van der Waals surface area (Å²) in [6, 6.07) is 3.37. The molecular weight excluding hydrogens is 256 g/mol. The summed E-state index contributed by atoms with van der Waals surface area (Å²) in [5.74, 6) is 1.64. The molecule has 0 atom stereocenters. The maximum absolute atomic E-state index is 12.0. The van der Waals surface area contributed by atoms with Crippen molar-refractivity contribution in [2.24, 2.45) is 0 Å². The molecule has 2 aromatic heterocycles. The fourth-order valence-electron chi connectivity index (χ4n) is 2.23. The predicted octanol–water partition coefficient (Wildman–Crippen LogP) is -0.251. The van der Waals surface area contributed by atoms with Crippen LogP contribution in [0.1, 0.15) is 22.0 Å². The summed E-state index contributed by atoms with van der Waals surface area (Å²) < 4.78 is 2.08. The van der Waals surface area contributed by atoms with E-state index in [4.69, 9.17) is 0 Å². The molecule has 20 heavy (non-hydrogen) atoms. The average Bonchev–Trinajstić information content (AvgIpc) is 2.72. The predicted molar refractivity (Wildman–Crippen MR) is 72.0 cm³/mol. The molecule has 0 aromatic carbocycles. The molecule has 104 valence electrons. The highest BCUT2D eigenvalue weighted by molar-refractivity contribution is 5.93. The fraction of sp³-hybridized carbons (Fsp3) is 0.385. The minimum atomic E-state index is -0.128. The Morgan fingerprint density at radius 1 is 1.30 bits per heavy atom. The SMILES string of the molecule is O=C(NCc1nnc2n1CCNCC2)c1ccncc1. The quantitative estimate of drug-likeness (QED) is 0.805. The Morgan fingerprint density at radius 3 is 3.00 bits per heavy atom. The first-order chi connectivity index (χ1) is 9.84. The van der Waals surface area contributed by atoms with Crippen LogP contribution in [0, 0.1) is 0 Å². The highest BCUT2D eigenvalue weighted by atomic mass is 16.1. The van der Waals surface area contributed by atoms with E-state index >= 15 is 0 Å². The molecule has 0 aliphatic carbocycles. The van der Waals surface area contributed by atoms with E-state index in [1.54, 1.807) is 24.5 Å². The van der Waals surface area contributed by atoms with Gasteiger partial charge in [0, 0.05) is 44.0 Å². The highest BCUT2D eigenvalue weighted by Gasteiger charge is 2.15. The van der Waals surface area contributed by atoms with Crippen LogP contribution in [0.2, 0.25) is 0 Å². The van der Waals surface area contributed by atoms with Crippen LogP contribution in [-0.2, 0) is 19.5 Å². The molecule has 3 heterocycles. The van der Waals surface area contributed by atoms with Crippen LogP contribution in [-0.4, -0.2) is 38.7 Å². The van der Waals surface area contributed by atoms with Gasteiger partial charge in [-0.2, -0.15) is 0 Å². The number of carbonyl (C=O) groups excluding carboxylic acids is 1. The minimum Gasteiger partial charge on any atom is -0.345 e. The molecule has 7 heteroatoms. The summed E-state index contributed by atoms with van der Waals surface area (Å²) in [6.07, 6.45) is 4.07. The van der Waals surface area contributed by atoms with E-state index < -0.39 is 0 Å². The lowest BCUT2D eigenvalue weighted by Gasteiger charge is -2.08. The summed E-state index contributed by atoms with van der Waals surface area (Å²) in [6.45, 7) is 3.04. The van der Waals surface area contributed by atoms with E-state index in [1.807, 2.05) is 0 Å². The molecule has 2 aromatic rings. The number of nitrogens with one attached hydrogen (secondary N) is 2. The van der Waals surface area contributed by atoms with Gasteiger partial charge < -0.3 is 15.2 Å². The Morgan fingerprint density at radius 2 is 2.15 bits per heavy atom. The van der Waals surface area contributed by atoms with Gasteiger partial charge in [-0.15, -0.1) is 10.2 Å². The van der Waals surface area contributed by atoms with Crippen molar-refractivity contribution in [3.8, 4) is 0 Å². The maximum atomic E-state index is 12.0. The first-order valence-electron chi connectivity index (χ1n) is 6.64. The third-order valence-corrected chi connectivity index (χ3v) is 3.29. The highest BCUT2D eigenvalue weighted by Crippen LogP contribution is 2.05. The number of hydrogen-bond donors (Lipinski definition) is 2. The zero-order chi connectivity index (χ0) is 13.8. The van der Waals surface area contributed by atoms with Crippen molar-refractivity contribution < 1.29 is 4.79 Å². The molecule has 1 aliphatic rings. The van der Waals surface area contributed by atoms with Crippen LogP contribution in [0.15, 0.2) is 24.5 Å². The Balaban J connectivity index is 1.67. The van der Waals surface area contributed by atoms with Crippen LogP contribution in [0.5, 0.6) is 0 Å². The van der Waals surface area contributed by atoms with Gasteiger partial charge in [0.1, 0.15) is 5.82 Å². The Hall–Kier alpha value is -2.28. The second-order valence-electron chi connectivity index (χ2n) is 4.60. The van der Waals surface area contributed by atoms with Gasteiger partial charge >= 0.3 is 0 Å². The van der Waals surface area contributed by atoms with Gasteiger partial charge in [0.2, 0.25) is 0 Å². The maximum Gasteiger partial charge on any atom is 0.251 e. The van der Waals surface area contributed by atoms with Crippen molar-refractivity contribution in [1.29, 1.82) is 0 Å². The summed E-state index contributed by atoms with van der Waals surface area (Å²) in [5, 5.41) is 14.5. The number of carbonyl (C=O) groups is 1. The zero-order valence-corrected chi connectivity index (χ0v) is 11.0. The minimum absolute atomic E-state index is 0.128. The molecular formula is C13H16N6O. The number of hydrogen-bond acceptors (Lipinski definition) is 5. The summed E-state index contributed by atoms with van der Waals surface area (Å²) >= 11 is 0. The van der Waals surface area contributed by atoms with Crippen molar-refractivity contribution in [1.82, 2.24) is 30.4 Å². The van der Waals surface area contributed by atoms with Gasteiger partial charge in [0.25, 0.3) is 5.91 Å². The second kappa shape index (κ2) is 5.79. The smallest absolute Gasteiger partial charge is 0.251 e. The molecule has 0 saturated carbocycles. The lowest BCUT2D eigenvalue weighted by molar-refractivity contribution is 0.0949. The fourth-order valence-corrected chi connectivity index (χ4v) is 2.23. The van der Waals surface area contributed by atoms with E-state index in [1.165, 1.54) is 0 Å². The van der Waals surface area contributed by atoms with Gasteiger partial charge in [-0.1, -0.05) is 0 Å². The normalized spacial score (nSPS) is 14.4. The van der Waals surface area contributed by atoms with E-state index in [0.29, 0.717) is 12.1 Å². The molecule has 1 aliphatic heterocycles. The molecule has 0 fully saturated rings. The van der Waals surface area contributed by atoms with E-state index in [2.05, 4.69) is 30.4 Å². The molecule has 1 amide bonds. The van der Waals surface area contributed by atoms with Gasteiger partial charge in [0.15, 0.2) is 5.82 Å². The van der Waals surface area contributed by atoms with Gasteiger partial charge in [-0.05, 0) is 12.1 Å². The molecule has 0 radical (unpaired) electrons. The number of pyridine rings is 1. The number of aromatic nitrogens is 4. The molecule has 2 N–H and O–H groups in total. The van der Waals surface area contributed by atoms with Gasteiger partial charge in [0.05, 0.1) is 6.54 Å². The van der Waals surface area contributed by atoms with Crippen molar-refractivity contribution in [2.45, 2.75) is 19.5 Å². The molecule has 3 rings (SSSR count). The largest absolute Gasteiger partial charge is 0.345 e. The Kier molecular flexibility index (Phi) is 3.69. The van der Waals surface area contributed by atoms with Crippen LogP contribution in [0.25, 0.3) is 0 Å². The lowest BCUT2D eigenvalue weighted by atomic mass is 10.2. The molecule has 0 bridgehead atoms. The van der Waals surface area contributed by atoms with E-state index in [-0.39, 0.29) is 5.91 Å². The first-order valence-corrected chi connectivity index (χ1v) is 6.64. The molecule has 0 unspecified atom stereocenters. The van der Waals surface area contributed by atoms with Crippen LogP contribution >= 0.6 is 0 Å². The second-order valence-corrected chi connectivity index (χ2v) is 4.60. The number of rotatable bonds is 3. The topological polar surface area (TPSA) is 84.7 Å². The first kappa shape index (κ1) is 12.7. The summed E-state index contributed by atoms with van der Waals surface area (Å²) in [5.41, 5.74) is 0.595. The third kappa shape index (κ3) is 2.67. The number of fused-ring (bicyclic) bond motifs is 1. The Labute approximate surface area is 116 Å². The van der Waals surface area contributed by atoms with Crippen molar-refractivity contribution in [3.05, 3.63) is 41.7 Å². The number of amides is 1. The standard InChI is InChI=1S/C13H16N6O/c20-13(10-1-4-14-5-2-10)16-9-12-18-17-11-3-6-15-7-8-19(11)12/h1-2,4-5,15H,3,6-9H2,(H,16,20). The third-order valence-electron chi connectivity index (χ3n) is 3.29. The van der Waals surface area contributed by atoms with Gasteiger partial charge in [-0.3, -0.25) is 9.78 Å². The molecule has 0 saturated heterocycles.